The molecular weight excluding hydrogens is 488 g/mol. The molecule has 4 heterocycles. The van der Waals surface area contributed by atoms with E-state index < -0.39 is 0 Å². The first-order chi connectivity index (χ1) is 19.3. The average Bonchev–Trinajstić information content (AvgIpc) is 3.59. The number of hydrogen-bond donors (Lipinski definition) is 2. The van der Waals surface area contributed by atoms with Crippen LogP contribution in [0.1, 0.15) is 125 Å². The van der Waals surface area contributed by atoms with Gasteiger partial charge < -0.3 is 20.4 Å². The molecule has 40 heavy (non-hydrogen) atoms. The smallest absolute Gasteiger partial charge is 0.0456 e. The van der Waals surface area contributed by atoms with Crippen molar-refractivity contribution in [1.29, 1.82) is 0 Å². The molecule has 0 saturated carbocycles. The molecule has 0 saturated heterocycles. The summed E-state index contributed by atoms with van der Waals surface area (Å²) in [6, 6.07) is 0. The number of nitrogens with zero attached hydrogens (tertiary/aromatic N) is 2. The maximum atomic E-state index is 3.52. The lowest BCUT2D eigenvalue weighted by molar-refractivity contribution is 0.630. The minimum atomic E-state index is 0.598. The van der Waals surface area contributed by atoms with Gasteiger partial charge in [0.1, 0.15) is 0 Å². The van der Waals surface area contributed by atoms with Crippen molar-refractivity contribution in [1.82, 2.24) is 0 Å². The van der Waals surface area contributed by atoms with Crippen LogP contribution in [-0.4, -0.2) is 40.3 Å². The Morgan fingerprint density at radius 3 is 1.30 bits per heavy atom. The summed E-state index contributed by atoms with van der Waals surface area (Å²) in [5.74, 6) is 1.20. The van der Waals surface area contributed by atoms with Gasteiger partial charge in [0.15, 0.2) is 0 Å². The van der Waals surface area contributed by atoms with E-state index in [0.717, 1.165) is 0 Å². The highest BCUT2D eigenvalue weighted by Gasteiger charge is 2.33. The van der Waals surface area contributed by atoms with Crippen LogP contribution in [0.2, 0.25) is 0 Å². The molecule has 224 valence electrons. The monoisotopic (exact) mass is 548 g/mol. The molecular formula is C36H60N4. The van der Waals surface area contributed by atoms with Gasteiger partial charge in [-0.3, -0.25) is 0 Å². The summed E-state index contributed by atoms with van der Waals surface area (Å²) in [4.78, 5) is 5.21. The fourth-order valence-corrected chi connectivity index (χ4v) is 7.92. The molecule has 0 atom stereocenters. The van der Waals surface area contributed by atoms with E-state index in [1.54, 1.807) is 50.3 Å². The van der Waals surface area contributed by atoms with Crippen molar-refractivity contribution < 1.29 is 0 Å². The summed E-state index contributed by atoms with van der Waals surface area (Å²) in [7, 11) is 4.16. The minimum absolute atomic E-state index is 0.598. The Kier molecular flexibility index (Phi) is 11.3. The molecule has 0 radical (unpaired) electrons. The first-order valence-corrected chi connectivity index (χ1v) is 16.5. The molecule has 0 aromatic heterocycles. The third-order valence-corrected chi connectivity index (χ3v) is 9.26. The van der Waals surface area contributed by atoms with Gasteiger partial charge in [0.25, 0.3) is 0 Å². The Hall–Kier alpha value is -2.36. The summed E-state index contributed by atoms with van der Waals surface area (Å²) >= 11 is 0. The summed E-state index contributed by atoms with van der Waals surface area (Å²) in [6.45, 7) is 26.9. The van der Waals surface area contributed by atoms with Crippen LogP contribution in [0.3, 0.4) is 0 Å². The van der Waals surface area contributed by atoms with Gasteiger partial charge in [0.2, 0.25) is 0 Å². The predicted octanol–water partition coefficient (Wildman–Crippen LogP) is 8.99. The Morgan fingerprint density at radius 1 is 0.525 bits per heavy atom. The van der Waals surface area contributed by atoms with Crippen molar-refractivity contribution in [3.8, 4) is 0 Å². The van der Waals surface area contributed by atoms with Crippen LogP contribution in [0.25, 0.3) is 0 Å². The van der Waals surface area contributed by atoms with E-state index in [0.29, 0.717) is 11.8 Å². The maximum absolute atomic E-state index is 3.52. The van der Waals surface area contributed by atoms with Crippen LogP contribution in [0.4, 0.5) is 22.7 Å². The molecule has 2 aromatic carbocycles. The van der Waals surface area contributed by atoms with Gasteiger partial charge in [-0.1, -0.05) is 55.4 Å². The molecule has 4 heteroatoms. The fraction of sp³-hybridized carbons (Fsp3) is 0.667. The fourth-order valence-electron chi connectivity index (χ4n) is 7.92. The molecule has 2 aromatic rings. The van der Waals surface area contributed by atoms with E-state index >= 15 is 0 Å². The van der Waals surface area contributed by atoms with Crippen LogP contribution >= 0.6 is 0 Å². The van der Waals surface area contributed by atoms with Crippen LogP contribution in [0, 0.1) is 13.8 Å². The van der Waals surface area contributed by atoms with Crippen LogP contribution < -0.4 is 20.4 Å². The van der Waals surface area contributed by atoms with Crippen molar-refractivity contribution in [2.75, 3.05) is 60.7 Å². The second kappa shape index (κ2) is 14.0. The number of nitrogens with one attached hydrogen (secondary N) is 2. The number of rotatable bonds is 4. The number of benzene rings is 2. The zero-order valence-corrected chi connectivity index (χ0v) is 28.1. The topological polar surface area (TPSA) is 30.5 Å². The first kappa shape index (κ1) is 32.2. The third kappa shape index (κ3) is 5.57. The lowest BCUT2D eigenvalue weighted by Gasteiger charge is -2.40. The van der Waals surface area contributed by atoms with E-state index in [2.05, 4.69) is 76.1 Å². The van der Waals surface area contributed by atoms with E-state index in [4.69, 9.17) is 0 Å². The highest BCUT2D eigenvalue weighted by Crippen LogP contribution is 2.47. The third-order valence-electron chi connectivity index (χ3n) is 9.26. The van der Waals surface area contributed by atoms with Crippen molar-refractivity contribution in [2.45, 2.75) is 120 Å². The molecule has 0 spiro atoms. The molecule has 0 amide bonds. The molecule has 4 nitrogen and oxygen atoms in total. The second-order valence-electron chi connectivity index (χ2n) is 11.9. The number of hydrogen-bond acceptors (Lipinski definition) is 4. The highest BCUT2D eigenvalue weighted by atomic mass is 15.2. The molecule has 4 aliphatic heterocycles. The molecule has 0 fully saturated rings. The lowest BCUT2D eigenvalue weighted by atomic mass is 9.82. The first-order valence-electron chi connectivity index (χ1n) is 16.5. The van der Waals surface area contributed by atoms with Crippen molar-refractivity contribution >= 4 is 22.7 Å². The van der Waals surface area contributed by atoms with Crippen LogP contribution in [0.15, 0.2) is 0 Å². The SMILES string of the molecule is CC.CC.CNc1c2c3c(c(C)c1C(C)C)CCCN3CCC2.CNc1c2c3c(c(C)c1C(C)C)CCN3CC2. The number of anilines is 4. The quantitative estimate of drug-likeness (QED) is 0.399. The van der Waals surface area contributed by atoms with Crippen LogP contribution in [-0.2, 0) is 25.7 Å². The van der Waals surface area contributed by atoms with E-state index in [1.807, 2.05) is 27.7 Å². The van der Waals surface area contributed by atoms with E-state index in [9.17, 15) is 0 Å². The zero-order chi connectivity index (χ0) is 29.7. The largest absolute Gasteiger partial charge is 0.388 e. The van der Waals surface area contributed by atoms with E-state index in [-0.39, 0.29) is 0 Å². The molecule has 0 aliphatic carbocycles. The summed E-state index contributed by atoms with van der Waals surface area (Å²) in [6.07, 6.45) is 7.62. The van der Waals surface area contributed by atoms with Gasteiger partial charge in [0.05, 0.1) is 0 Å². The lowest BCUT2D eigenvalue weighted by Crippen LogP contribution is -2.35. The molecule has 4 aliphatic rings. The van der Waals surface area contributed by atoms with E-state index in [1.165, 1.54) is 81.6 Å². The van der Waals surface area contributed by atoms with Gasteiger partial charge in [-0.2, -0.15) is 0 Å². The summed E-state index contributed by atoms with van der Waals surface area (Å²) in [5.41, 5.74) is 18.6. The van der Waals surface area contributed by atoms with Crippen molar-refractivity contribution in [3.05, 3.63) is 44.5 Å². The Morgan fingerprint density at radius 2 is 0.875 bits per heavy atom. The predicted molar refractivity (Wildman–Crippen MR) is 181 cm³/mol. The van der Waals surface area contributed by atoms with Gasteiger partial charge in [0, 0.05) is 68.6 Å². The normalized spacial score (nSPS) is 15.8. The van der Waals surface area contributed by atoms with Gasteiger partial charge in [-0.15, -0.1) is 0 Å². The van der Waals surface area contributed by atoms with Crippen LogP contribution in [0.5, 0.6) is 0 Å². The van der Waals surface area contributed by atoms with Crippen molar-refractivity contribution in [3.63, 3.8) is 0 Å². The van der Waals surface area contributed by atoms with Gasteiger partial charge in [-0.25, -0.2) is 0 Å². The van der Waals surface area contributed by atoms with Gasteiger partial charge >= 0.3 is 0 Å². The summed E-state index contributed by atoms with van der Waals surface area (Å²) in [5, 5.41) is 6.98. The Bertz CT molecular complexity index is 1160. The molecule has 2 N–H and O–H groups in total. The zero-order valence-electron chi connectivity index (χ0n) is 28.1. The maximum Gasteiger partial charge on any atom is 0.0456 e. The standard InChI is InChI=1S/C17H26N2.C15H22N2.2C2H6/c1-11(2)15-12(3)13-7-5-9-19-10-6-8-14(17(13)19)16(15)18-4;1-9(2)13-10(3)11-5-7-17-8-6-12(15(11)17)14(13)16-4;2*1-2/h11,18H,5-10H2,1-4H3;9,16H,5-8H2,1-4H3;2*1-2H3. The molecule has 6 rings (SSSR count). The average molecular weight is 549 g/mol. The Labute approximate surface area is 247 Å². The molecule has 0 bridgehead atoms. The van der Waals surface area contributed by atoms with Crippen molar-refractivity contribution in [2.24, 2.45) is 0 Å². The molecule has 0 unspecified atom stereocenters. The highest BCUT2D eigenvalue weighted by molar-refractivity contribution is 5.81. The minimum Gasteiger partial charge on any atom is -0.388 e. The second-order valence-corrected chi connectivity index (χ2v) is 11.9. The Balaban J connectivity index is 0.000000197. The summed E-state index contributed by atoms with van der Waals surface area (Å²) < 4.78 is 0. The van der Waals surface area contributed by atoms with Gasteiger partial charge in [-0.05, 0) is 103 Å².